The van der Waals surface area contributed by atoms with Gasteiger partial charge in [-0.15, -0.1) is 0 Å². The van der Waals surface area contributed by atoms with Crippen molar-refractivity contribution in [3.05, 3.63) is 58.7 Å². The lowest BCUT2D eigenvalue weighted by molar-refractivity contribution is -0.146. The van der Waals surface area contributed by atoms with E-state index in [1.54, 1.807) is 23.2 Å². The molecule has 0 radical (unpaired) electrons. The number of fused-ring (bicyclic) bond motifs is 2. The smallest absolute Gasteiger partial charge is 0.289 e. The molecular formula is C56H73N9O10. The second kappa shape index (κ2) is 22.1. The first-order valence-corrected chi connectivity index (χ1v) is 27.6. The maximum absolute atomic E-state index is 15.0. The van der Waals surface area contributed by atoms with Crippen LogP contribution >= 0.6 is 0 Å². The average Bonchev–Trinajstić information content (AvgIpc) is 3.87. The molecule has 7 aliphatic rings. The van der Waals surface area contributed by atoms with Crippen molar-refractivity contribution in [2.45, 2.75) is 192 Å². The van der Waals surface area contributed by atoms with Gasteiger partial charge in [-0.1, -0.05) is 72.8 Å². The van der Waals surface area contributed by atoms with Crippen molar-refractivity contribution in [1.82, 2.24) is 46.4 Å². The molecule has 10 atom stereocenters. The minimum Gasteiger partial charge on any atom is -0.347 e. The number of carbonyl (C=O) groups excluding carboxylic acids is 10. The van der Waals surface area contributed by atoms with Crippen molar-refractivity contribution in [3.8, 4) is 0 Å². The number of benzene rings is 1. The number of ketones is 1. The highest BCUT2D eigenvalue weighted by atomic mass is 16.2. The van der Waals surface area contributed by atoms with Crippen LogP contribution in [0.3, 0.4) is 0 Å². The van der Waals surface area contributed by atoms with E-state index in [-0.39, 0.29) is 77.6 Å². The molecule has 9 rings (SSSR count). The number of rotatable bonds is 16. The second-order valence-electron chi connectivity index (χ2n) is 23.6. The molecule has 2 saturated heterocycles. The molecule has 9 amide bonds. The summed E-state index contributed by atoms with van der Waals surface area (Å²) < 4.78 is 0. The van der Waals surface area contributed by atoms with E-state index in [4.69, 9.17) is 4.98 Å². The first-order valence-electron chi connectivity index (χ1n) is 27.6. The van der Waals surface area contributed by atoms with Gasteiger partial charge in [0.2, 0.25) is 35.3 Å². The van der Waals surface area contributed by atoms with Crippen LogP contribution in [-0.2, 0) is 33.6 Å². The quantitative estimate of drug-likeness (QED) is 0.115. The van der Waals surface area contributed by atoms with Crippen LogP contribution in [0, 0.1) is 29.1 Å². The van der Waals surface area contributed by atoms with Gasteiger partial charge in [0, 0.05) is 31.1 Å². The van der Waals surface area contributed by atoms with E-state index < -0.39 is 94.6 Å². The lowest BCUT2D eigenvalue weighted by atomic mass is 9.71. The number of amides is 9. The van der Waals surface area contributed by atoms with E-state index in [2.05, 4.69) is 38.5 Å². The van der Waals surface area contributed by atoms with Gasteiger partial charge < -0.3 is 26.2 Å². The monoisotopic (exact) mass is 1030 g/mol. The molecule has 5 N–H and O–H groups in total. The minimum atomic E-state index is -1.07. The number of imide groups is 2. The van der Waals surface area contributed by atoms with Crippen LogP contribution in [0.4, 0.5) is 0 Å². The Hall–Kier alpha value is -6.40. The third-order valence-electron chi connectivity index (χ3n) is 17.3. The summed E-state index contributed by atoms with van der Waals surface area (Å²) in [5.74, 6) is -5.52. The van der Waals surface area contributed by atoms with Crippen LogP contribution in [0.1, 0.15) is 198 Å². The summed E-state index contributed by atoms with van der Waals surface area (Å²) in [4.78, 5) is 147. The molecule has 2 aromatic rings. The number of piperidine rings is 1. The molecule has 0 spiro atoms. The van der Waals surface area contributed by atoms with E-state index in [9.17, 15) is 47.9 Å². The maximum Gasteiger partial charge on any atom is 0.289 e. The zero-order valence-corrected chi connectivity index (χ0v) is 43.9. The van der Waals surface area contributed by atoms with Gasteiger partial charge in [-0.3, -0.25) is 63.1 Å². The molecule has 19 heteroatoms. The SMILES string of the molecule is CCC[C@H](NC(=O)[C@@H]1[C@H]2CCC[C@H]2CN1C(=O)[C@@H](NC(=O)[C@@H](NC(=O)c1cnc(C2CCC(c3ccc4c(c3)C(=O)N(C3CCC(=O)NC3=O)C4=O)C(C)C2)cn1)C1CCCCC1)C(C)(C)C)C(=O)C(=O)NC1CC1. The van der Waals surface area contributed by atoms with Crippen molar-refractivity contribution in [1.29, 1.82) is 0 Å². The number of nitrogens with zero attached hydrogens (tertiary/aromatic N) is 4. The molecule has 1 aromatic carbocycles. The Labute approximate surface area is 438 Å². The molecule has 4 unspecified atom stereocenters. The van der Waals surface area contributed by atoms with Crippen LogP contribution in [-0.4, -0.2) is 122 Å². The number of nitrogens with one attached hydrogen (secondary N) is 5. The van der Waals surface area contributed by atoms with Crippen LogP contribution < -0.4 is 26.6 Å². The molecule has 19 nitrogen and oxygen atoms in total. The Morgan fingerprint density at radius 3 is 2.23 bits per heavy atom. The summed E-state index contributed by atoms with van der Waals surface area (Å²) in [6.45, 7) is 9.90. The highest BCUT2D eigenvalue weighted by Crippen LogP contribution is 2.46. The summed E-state index contributed by atoms with van der Waals surface area (Å²) in [5.41, 5.74) is 1.38. The minimum absolute atomic E-state index is 0.0197. The van der Waals surface area contributed by atoms with Gasteiger partial charge in [-0.05, 0) is 123 Å². The van der Waals surface area contributed by atoms with Crippen molar-refractivity contribution in [2.75, 3.05) is 6.54 Å². The predicted molar refractivity (Wildman–Crippen MR) is 272 cm³/mol. The van der Waals surface area contributed by atoms with Gasteiger partial charge in [0.25, 0.3) is 23.6 Å². The molecule has 4 heterocycles. The summed E-state index contributed by atoms with van der Waals surface area (Å²) in [6, 6.07) is 0.270. The fourth-order valence-corrected chi connectivity index (χ4v) is 13.0. The Bertz CT molecular complexity index is 2620. The van der Waals surface area contributed by atoms with E-state index >= 15 is 0 Å². The van der Waals surface area contributed by atoms with Crippen LogP contribution in [0.15, 0.2) is 30.6 Å². The van der Waals surface area contributed by atoms with Gasteiger partial charge in [-0.2, -0.15) is 0 Å². The number of Topliss-reactive ketones (excluding diaryl/α,β-unsaturated/α-hetero) is 1. The molecule has 3 aliphatic heterocycles. The fraction of sp³-hybridized carbons (Fsp3) is 0.643. The topological polar surface area (TPSA) is 263 Å². The third kappa shape index (κ3) is 11.3. The van der Waals surface area contributed by atoms with Crippen molar-refractivity contribution in [2.24, 2.45) is 29.1 Å². The van der Waals surface area contributed by atoms with Gasteiger partial charge in [0.15, 0.2) is 0 Å². The number of carbonyl (C=O) groups is 10. The van der Waals surface area contributed by atoms with Gasteiger partial charge in [0.1, 0.15) is 29.9 Å². The van der Waals surface area contributed by atoms with E-state index in [1.807, 2.05) is 33.8 Å². The normalized spacial score (nSPS) is 27.1. The Morgan fingerprint density at radius 2 is 1.56 bits per heavy atom. The fourth-order valence-electron chi connectivity index (χ4n) is 13.0. The zero-order chi connectivity index (χ0) is 53.5. The van der Waals surface area contributed by atoms with Crippen molar-refractivity contribution in [3.63, 3.8) is 0 Å². The zero-order valence-electron chi connectivity index (χ0n) is 43.9. The first kappa shape index (κ1) is 53.4. The Kier molecular flexibility index (Phi) is 15.7. The summed E-state index contributed by atoms with van der Waals surface area (Å²) in [7, 11) is 0. The summed E-state index contributed by atoms with van der Waals surface area (Å²) >= 11 is 0. The average molecular weight is 1030 g/mol. The lowest BCUT2D eigenvalue weighted by Crippen LogP contribution is -2.62. The molecule has 4 saturated carbocycles. The Morgan fingerprint density at radius 1 is 0.813 bits per heavy atom. The van der Waals surface area contributed by atoms with Crippen LogP contribution in [0.2, 0.25) is 0 Å². The maximum atomic E-state index is 15.0. The first-order chi connectivity index (χ1) is 35.8. The van der Waals surface area contributed by atoms with E-state index in [0.29, 0.717) is 25.8 Å². The standard InChI is InChI=1S/C56H73N9O10/c1-6-11-39(46(67)52(72)59-34-18-19-34)60-51(71)45-36-15-10-14-33(36)28-64(45)55(75)47(56(3,4)5)63-50(70)44(30-12-8-7-9-13-30)62-48(68)41-27-57-40(26-58-41)32-17-20-35(29(2)24-32)31-16-21-37-38(25-31)54(74)65(53(37)73)42-22-23-43(66)61-49(42)69/h16,21,25-27,29-30,32-36,39,42,44-45,47H,6-15,17-20,22-24,28H2,1-5H3,(H,59,72)(H,60,71)(H,62,68)(H,63,70)(H,61,66,69)/t29?,32?,33-,35?,36-,39-,42?,44-,45-,47+/m0/s1. The highest BCUT2D eigenvalue weighted by Gasteiger charge is 2.53. The summed E-state index contributed by atoms with van der Waals surface area (Å²) in [6.07, 6.45) is 14.5. The van der Waals surface area contributed by atoms with Crippen LogP contribution in [0.5, 0.6) is 0 Å². The largest absolute Gasteiger partial charge is 0.347 e. The highest BCUT2D eigenvalue weighted by molar-refractivity contribution is 6.38. The van der Waals surface area contributed by atoms with Crippen molar-refractivity contribution < 1.29 is 47.9 Å². The Balaban J connectivity index is 0.851. The molecule has 75 heavy (non-hydrogen) atoms. The molecule has 402 valence electrons. The molecule has 6 fully saturated rings. The molecule has 4 aliphatic carbocycles. The molecular weight excluding hydrogens is 959 g/mol. The number of likely N-dealkylation sites (tertiary alicyclic amines) is 1. The third-order valence-corrected chi connectivity index (χ3v) is 17.3. The van der Waals surface area contributed by atoms with E-state index in [0.717, 1.165) is 86.8 Å². The predicted octanol–water partition coefficient (Wildman–Crippen LogP) is 4.53. The van der Waals surface area contributed by atoms with Gasteiger partial charge in [-0.25, -0.2) is 4.98 Å². The van der Waals surface area contributed by atoms with Gasteiger partial charge >= 0.3 is 0 Å². The number of aromatic nitrogens is 2. The van der Waals surface area contributed by atoms with Crippen molar-refractivity contribution >= 4 is 58.9 Å². The number of hydrogen-bond acceptors (Lipinski definition) is 12. The number of hydrogen-bond donors (Lipinski definition) is 5. The second-order valence-corrected chi connectivity index (χ2v) is 23.6. The lowest BCUT2D eigenvalue weighted by Gasteiger charge is -2.38. The summed E-state index contributed by atoms with van der Waals surface area (Å²) in [5, 5.41) is 13.9. The molecule has 1 aromatic heterocycles. The van der Waals surface area contributed by atoms with Gasteiger partial charge in [0.05, 0.1) is 29.1 Å². The molecule has 0 bridgehead atoms. The van der Waals surface area contributed by atoms with Crippen LogP contribution in [0.25, 0.3) is 0 Å². The van der Waals surface area contributed by atoms with E-state index in [1.165, 1.54) is 6.20 Å².